The number of nitrogens with zero attached hydrogens (tertiary/aromatic N) is 2. The zero-order valence-corrected chi connectivity index (χ0v) is 23.2. The normalized spacial score (nSPS) is 16.7. The SMILES string of the molecule is COc1cc(/C=C2\SC(=O)N(CC(=O)N3CCOCC3)C2=O)cc(Br)c1OCC(=O)Nc1cccc(C)c1. The van der Waals surface area contributed by atoms with Gasteiger partial charge >= 0.3 is 0 Å². The Labute approximate surface area is 232 Å². The van der Waals surface area contributed by atoms with E-state index in [1.165, 1.54) is 7.11 Å². The van der Waals surface area contributed by atoms with E-state index in [0.29, 0.717) is 53.5 Å². The molecule has 38 heavy (non-hydrogen) atoms. The van der Waals surface area contributed by atoms with E-state index in [-0.39, 0.29) is 29.9 Å². The summed E-state index contributed by atoms with van der Waals surface area (Å²) in [5.74, 6) is -0.531. The second kappa shape index (κ2) is 12.5. The number of hydrogen-bond acceptors (Lipinski definition) is 8. The van der Waals surface area contributed by atoms with Crippen molar-refractivity contribution in [3.63, 3.8) is 0 Å². The Morgan fingerprint density at radius 1 is 1.18 bits per heavy atom. The fourth-order valence-electron chi connectivity index (χ4n) is 3.86. The predicted octanol–water partition coefficient (Wildman–Crippen LogP) is 3.68. The first-order valence-electron chi connectivity index (χ1n) is 11.7. The molecule has 0 aromatic heterocycles. The van der Waals surface area contributed by atoms with E-state index >= 15 is 0 Å². The average Bonchev–Trinajstić information content (AvgIpc) is 3.15. The molecule has 1 N–H and O–H groups in total. The van der Waals surface area contributed by atoms with Crippen LogP contribution < -0.4 is 14.8 Å². The summed E-state index contributed by atoms with van der Waals surface area (Å²) in [6.07, 6.45) is 1.55. The molecular formula is C26H26BrN3O7S. The van der Waals surface area contributed by atoms with Crippen LogP contribution in [0.1, 0.15) is 11.1 Å². The van der Waals surface area contributed by atoms with E-state index in [4.69, 9.17) is 14.2 Å². The molecule has 10 nitrogen and oxygen atoms in total. The van der Waals surface area contributed by atoms with Gasteiger partial charge in [-0.25, -0.2) is 0 Å². The Balaban J connectivity index is 1.43. The zero-order valence-electron chi connectivity index (χ0n) is 20.8. The van der Waals surface area contributed by atoms with Crippen molar-refractivity contribution in [2.45, 2.75) is 6.92 Å². The van der Waals surface area contributed by atoms with Crippen LogP contribution in [0.4, 0.5) is 10.5 Å². The predicted molar refractivity (Wildman–Crippen MR) is 146 cm³/mol. The number of carbonyl (C=O) groups is 4. The molecule has 0 aliphatic carbocycles. The van der Waals surface area contributed by atoms with Crippen LogP contribution in [0.2, 0.25) is 0 Å². The molecule has 2 fully saturated rings. The maximum Gasteiger partial charge on any atom is 0.294 e. The summed E-state index contributed by atoms with van der Waals surface area (Å²) < 4.78 is 16.9. The third-order valence-corrected chi connectivity index (χ3v) is 7.23. The number of nitrogens with one attached hydrogen (secondary N) is 1. The van der Waals surface area contributed by atoms with Gasteiger partial charge in [0, 0.05) is 18.8 Å². The summed E-state index contributed by atoms with van der Waals surface area (Å²) in [6.45, 7) is 3.09. The van der Waals surface area contributed by atoms with E-state index in [1.807, 2.05) is 25.1 Å². The topological polar surface area (TPSA) is 114 Å². The van der Waals surface area contributed by atoms with Crippen molar-refractivity contribution in [3.05, 3.63) is 56.9 Å². The Morgan fingerprint density at radius 3 is 2.66 bits per heavy atom. The first-order chi connectivity index (χ1) is 18.2. The van der Waals surface area contributed by atoms with Crippen molar-refractivity contribution in [2.24, 2.45) is 0 Å². The third kappa shape index (κ3) is 6.74. The number of anilines is 1. The standard InChI is InChI=1S/C26H26BrN3O7S/c1-16-4-3-5-18(10-16)28-22(31)15-37-24-19(27)11-17(12-20(24)35-2)13-21-25(33)30(26(34)38-21)14-23(32)29-6-8-36-9-7-29/h3-5,10-13H,6-9,14-15H2,1-2H3,(H,28,31)/b21-13-. The van der Waals surface area contributed by atoms with E-state index in [9.17, 15) is 19.2 Å². The molecule has 2 saturated heterocycles. The number of ether oxygens (including phenoxy) is 3. The van der Waals surface area contributed by atoms with Gasteiger partial charge in [-0.2, -0.15) is 0 Å². The highest BCUT2D eigenvalue weighted by molar-refractivity contribution is 9.10. The smallest absolute Gasteiger partial charge is 0.294 e. The summed E-state index contributed by atoms with van der Waals surface area (Å²) in [5, 5.41) is 2.27. The number of halogens is 1. The van der Waals surface area contributed by atoms with E-state index in [0.717, 1.165) is 22.2 Å². The summed E-state index contributed by atoms with van der Waals surface area (Å²) >= 11 is 4.20. The zero-order chi connectivity index (χ0) is 27.2. The van der Waals surface area contributed by atoms with Crippen LogP contribution in [0.25, 0.3) is 6.08 Å². The number of amides is 4. The van der Waals surface area contributed by atoms with Gasteiger partial charge in [-0.3, -0.25) is 24.1 Å². The number of morpholine rings is 1. The second-order valence-electron chi connectivity index (χ2n) is 8.50. The first kappa shape index (κ1) is 27.7. The summed E-state index contributed by atoms with van der Waals surface area (Å²) in [7, 11) is 1.45. The minimum absolute atomic E-state index is 0.185. The third-order valence-electron chi connectivity index (χ3n) is 5.73. The van der Waals surface area contributed by atoms with E-state index < -0.39 is 11.1 Å². The first-order valence-corrected chi connectivity index (χ1v) is 13.3. The molecule has 4 amide bonds. The van der Waals surface area contributed by atoms with Crippen molar-refractivity contribution in [1.82, 2.24) is 9.80 Å². The van der Waals surface area contributed by atoms with Crippen LogP contribution in [0.5, 0.6) is 11.5 Å². The molecule has 0 saturated carbocycles. The molecule has 12 heteroatoms. The van der Waals surface area contributed by atoms with E-state index in [2.05, 4.69) is 21.2 Å². The molecular weight excluding hydrogens is 578 g/mol. The van der Waals surface area contributed by atoms with Crippen molar-refractivity contribution >= 4 is 62.4 Å². The molecule has 0 spiro atoms. The number of rotatable bonds is 8. The van der Waals surface area contributed by atoms with Gasteiger partial charge in [0.05, 0.1) is 29.7 Å². The Hall–Kier alpha value is -3.35. The van der Waals surface area contributed by atoms with Crippen LogP contribution in [0, 0.1) is 6.92 Å². The molecule has 0 unspecified atom stereocenters. The van der Waals surface area contributed by atoms with Gasteiger partial charge in [-0.05, 0) is 76.1 Å². The summed E-state index contributed by atoms with van der Waals surface area (Å²) in [5.41, 5.74) is 2.25. The maximum absolute atomic E-state index is 12.9. The molecule has 0 bridgehead atoms. The monoisotopic (exact) mass is 603 g/mol. The van der Waals surface area contributed by atoms with Gasteiger partial charge < -0.3 is 24.4 Å². The molecule has 2 aliphatic rings. The highest BCUT2D eigenvalue weighted by atomic mass is 79.9. The second-order valence-corrected chi connectivity index (χ2v) is 10.3. The Kier molecular flexibility index (Phi) is 9.08. The van der Waals surface area contributed by atoms with Crippen LogP contribution in [-0.4, -0.2) is 79.3 Å². The number of imide groups is 1. The molecule has 2 aromatic rings. The minimum Gasteiger partial charge on any atom is -0.493 e. The Morgan fingerprint density at radius 2 is 1.95 bits per heavy atom. The van der Waals surface area contributed by atoms with Gasteiger partial charge in [0.25, 0.3) is 17.1 Å². The molecule has 2 aromatic carbocycles. The highest BCUT2D eigenvalue weighted by Gasteiger charge is 2.37. The molecule has 0 radical (unpaired) electrons. The lowest BCUT2D eigenvalue weighted by Crippen LogP contribution is -2.46. The quantitative estimate of drug-likeness (QED) is 0.454. The van der Waals surface area contributed by atoms with Crippen molar-refractivity contribution < 1.29 is 33.4 Å². The molecule has 0 atom stereocenters. The number of aryl methyl sites for hydroxylation is 1. The fourth-order valence-corrected chi connectivity index (χ4v) is 5.27. The van der Waals surface area contributed by atoms with Gasteiger partial charge in [-0.15, -0.1) is 0 Å². The molecule has 200 valence electrons. The fraction of sp³-hybridized carbons (Fsp3) is 0.308. The lowest BCUT2D eigenvalue weighted by Gasteiger charge is -2.28. The van der Waals surface area contributed by atoms with Crippen molar-refractivity contribution in [3.8, 4) is 11.5 Å². The lowest BCUT2D eigenvalue weighted by molar-refractivity contribution is -0.139. The highest BCUT2D eigenvalue weighted by Crippen LogP contribution is 2.39. The van der Waals surface area contributed by atoms with Crippen LogP contribution >= 0.6 is 27.7 Å². The van der Waals surface area contributed by atoms with Gasteiger partial charge in [0.15, 0.2) is 18.1 Å². The molecule has 4 rings (SSSR count). The van der Waals surface area contributed by atoms with E-state index in [1.54, 1.807) is 29.2 Å². The largest absolute Gasteiger partial charge is 0.493 e. The van der Waals surface area contributed by atoms with Gasteiger partial charge in [-0.1, -0.05) is 12.1 Å². The number of methoxy groups -OCH3 is 1. The van der Waals surface area contributed by atoms with Crippen LogP contribution in [0.3, 0.4) is 0 Å². The summed E-state index contributed by atoms with van der Waals surface area (Å²) in [6, 6.07) is 10.7. The molecule has 2 heterocycles. The lowest BCUT2D eigenvalue weighted by atomic mass is 10.2. The van der Waals surface area contributed by atoms with Gasteiger partial charge in [0.2, 0.25) is 5.91 Å². The number of benzene rings is 2. The van der Waals surface area contributed by atoms with Crippen LogP contribution in [0.15, 0.2) is 45.8 Å². The number of carbonyl (C=O) groups excluding carboxylic acids is 4. The minimum atomic E-state index is -0.537. The number of thioether (sulfide) groups is 1. The number of hydrogen-bond donors (Lipinski definition) is 1. The van der Waals surface area contributed by atoms with Gasteiger partial charge in [0.1, 0.15) is 6.54 Å². The van der Waals surface area contributed by atoms with Crippen molar-refractivity contribution in [2.75, 3.05) is 51.9 Å². The average molecular weight is 604 g/mol. The van der Waals surface area contributed by atoms with Crippen molar-refractivity contribution in [1.29, 1.82) is 0 Å². The Bertz CT molecular complexity index is 1290. The summed E-state index contributed by atoms with van der Waals surface area (Å²) in [4.78, 5) is 53.0. The maximum atomic E-state index is 12.9. The van der Waals surface area contributed by atoms with Crippen LogP contribution in [-0.2, 0) is 19.1 Å². The molecule has 2 aliphatic heterocycles.